The zero-order valence-corrected chi connectivity index (χ0v) is 21.8. The Labute approximate surface area is 224 Å². The molecule has 19 heteroatoms. The van der Waals surface area contributed by atoms with Gasteiger partial charge in [-0.3, -0.25) is 9.78 Å². The molecule has 2 heterocycles. The average molecular weight is 590 g/mol. The van der Waals surface area contributed by atoms with Crippen LogP contribution in [0, 0.1) is 0 Å². The summed E-state index contributed by atoms with van der Waals surface area (Å²) in [6.45, 7) is 0. The van der Waals surface area contributed by atoms with E-state index in [4.69, 9.17) is 27.9 Å². The molecular weight excluding hydrogens is 573 g/mol. The zero-order valence-electron chi connectivity index (χ0n) is 19.5. The Kier molecular flexibility index (Phi) is 7.60. The van der Waals surface area contributed by atoms with Crippen molar-refractivity contribution in [3.8, 4) is 23.1 Å². The highest BCUT2D eigenvalue weighted by Crippen LogP contribution is 2.36. The number of pyridine rings is 1. The Hall–Kier alpha value is -2.98. The molecule has 0 atom stereocenters. The van der Waals surface area contributed by atoms with Crippen molar-refractivity contribution in [3.05, 3.63) is 48.8 Å². The fourth-order valence-electron chi connectivity index (χ4n) is 3.79. The van der Waals surface area contributed by atoms with Crippen molar-refractivity contribution in [3.63, 3.8) is 0 Å². The van der Waals surface area contributed by atoms with Crippen LogP contribution in [-0.2, 0) is 10.0 Å². The number of hydrogen-bond acceptors (Lipinski definition) is 9. The van der Waals surface area contributed by atoms with Gasteiger partial charge in [-0.15, -0.1) is 0 Å². The van der Waals surface area contributed by atoms with Gasteiger partial charge < -0.3 is 14.9 Å². The maximum atomic E-state index is 13.2. The molecule has 12 nitrogen and oxygen atoms in total. The molecule has 38 heavy (non-hydrogen) atoms. The van der Waals surface area contributed by atoms with Crippen LogP contribution in [0.2, 0.25) is 10.0 Å². The van der Waals surface area contributed by atoms with Gasteiger partial charge in [-0.05, 0) is 23.8 Å². The molecule has 0 amide bonds. The molecule has 200 valence electrons. The van der Waals surface area contributed by atoms with Gasteiger partial charge in [-0.2, -0.15) is 9.78 Å². The summed E-state index contributed by atoms with van der Waals surface area (Å²) >= 11 is 12.9. The topological polar surface area (TPSA) is 176 Å². The van der Waals surface area contributed by atoms with Gasteiger partial charge in [-0.1, -0.05) is 23.2 Å². The molecule has 0 radical (unpaired) electrons. The average Bonchev–Trinajstić information content (AvgIpc) is 2.81. The summed E-state index contributed by atoms with van der Waals surface area (Å²) in [4.78, 5) is 29.1. The van der Waals surface area contributed by atoms with E-state index in [1.54, 1.807) is 4.98 Å². The molecule has 4 rings (SSSR count). The molecule has 1 aliphatic rings. The monoisotopic (exact) mass is 589 g/mol. The molecule has 1 fully saturated rings. The number of aromatic nitrogens is 4. The van der Waals surface area contributed by atoms with Crippen LogP contribution in [0.1, 0.15) is 25.0 Å². The summed E-state index contributed by atoms with van der Waals surface area (Å²) in [5, 5.41) is 22.6. The van der Waals surface area contributed by atoms with Gasteiger partial charge in [0.15, 0.2) is 17.2 Å². The Morgan fingerprint density at radius 2 is 1.82 bits per heavy atom. The van der Waals surface area contributed by atoms with Crippen LogP contribution in [0.3, 0.4) is 0 Å². The summed E-state index contributed by atoms with van der Waals surface area (Å²) in [7, 11) is -1.40. The van der Waals surface area contributed by atoms with Crippen LogP contribution in [-0.4, -0.2) is 66.2 Å². The number of rotatable bonds is 7. The molecule has 3 aromatic rings. The quantitative estimate of drug-likeness (QED) is 0.236. The van der Waals surface area contributed by atoms with Gasteiger partial charge in [0, 0.05) is 12.1 Å². The van der Waals surface area contributed by atoms with Crippen LogP contribution in [0.25, 0.3) is 5.69 Å². The summed E-state index contributed by atoms with van der Waals surface area (Å²) in [6.07, 6.45) is -2.61. The smallest absolute Gasteiger partial charge is 0.349 e. The molecule has 2 aromatic heterocycles. The SMILES string of the molecule is Bc1c(Cl)c(Oc2cc(S(=O)(=O)N[C@H]3C[C@H](O)C3)c(O)cn2)c(Cl)c(B)c1-n1nc(C(F)F)c(=O)[nH]c1=O. The molecule has 1 aliphatic carbocycles. The molecule has 0 unspecified atom stereocenters. The van der Waals surface area contributed by atoms with Crippen molar-refractivity contribution in [1.82, 2.24) is 24.5 Å². The summed E-state index contributed by atoms with van der Waals surface area (Å²) in [5.74, 6) is -1.20. The number of H-pyrrole nitrogens is 1. The molecule has 1 saturated carbocycles. The minimum atomic E-state index is -4.22. The molecule has 4 N–H and O–H groups in total. The highest BCUT2D eigenvalue weighted by Gasteiger charge is 2.33. The molecule has 0 aliphatic heterocycles. The van der Waals surface area contributed by atoms with Crippen molar-refractivity contribution in [2.45, 2.75) is 36.3 Å². The largest absolute Gasteiger partial charge is 0.505 e. The summed E-state index contributed by atoms with van der Waals surface area (Å²) in [6, 6.07) is 0.421. The number of aromatic hydroxyl groups is 1. The maximum Gasteiger partial charge on any atom is 0.349 e. The predicted molar refractivity (Wildman–Crippen MR) is 137 cm³/mol. The first-order valence-electron chi connectivity index (χ1n) is 10.8. The van der Waals surface area contributed by atoms with E-state index in [-0.39, 0.29) is 51.1 Å². The highest BCUT2D eigenvalue weighted by atomic mass is 35.5. The van der Waals surface area contributed by atoms with Crippen molar-refractivity contribution < 1.29 is 32.1 Å². The number of alkyl halides is 2. The number of benzene rings is 1. The fraction of sp³-hybridized carbons (Fsp3) is 0.263. The van der Waals surface area contributed by atoms with Crippen LogP contribution in [0.15, 0.2) is 26.7 Å². The van der Waals surface area contributed by atoms with Gasteiger partial charge in [0.05, 0.1) is 28.0 Å². The second kappa shape index (κ2) is 10.3. The van der Waals surface area contributed by atoms with E-state index in [9.17, 15) is 37.0 Å². The van der Waals surface area contributed by atoms with Crippen molar-refractivity contribution in [2.75, 3.05) is 0 Å². The normalized spacial score (nSPS) is 17.4. The first-order chi connectivity index (χ1) is 17.7. The Morgan fingerprint density at radius 1 is 1.21 bits per heavy atom. The lowest BCUT2D eigenvalue weighted by Gasteiger charge is -2.31. The highest BCUT2D eigenvalue weighted by molar-refractivity contribution is 7.89. The van der Waals surface area contributed by atoms with E-state index in [0.29, 0.717) is 4.68 Å². The number of aromatic amines is 1. The van der Waals surface area contributed by atoms with Gasteiger partial charge in [0.2, 0.25) is 15.9 Å². The second-order valence-corrected chi connectivity index (χ2v) is 10.9. The number of hydrogen-bond donors (Lipinski definition) is 4. The van der Waals surface area contributed by atoms with Crippen molar-refractivity contribution in [2.24, 2.45) is 0 Å². The predicted octanol–water partition coefficient (Wildman–Crippen LogP) is -1.62. The Morgan fingerprint density at radius 3 is 2.37 bits per heavy atom. The van der Waals surface area contributed by atoms with Crippen LogP contribution in [0.5, 0.6) is 17.4 Å². The molecule has 0 saturated heterocycles. The molecule has 0 spiro atoms. The zero-order chi connectivity index (χ0) is 28.1. The molecule has 1 aromatic carbocycles. The lowest BCUT2D eigenvalue weighted by Crippen LogP contribution is -2.46. The number of aliphatic hydroxyl groups excluding tert-OH is 1. The maximum absolute atomic E-state index is 13.2. The first-order valence-corrected chi connectivity index (χ1v) is 13.0. The van der Waals surface area contributed by atoms with E-state index in [1.807, 2.05) is 0 Å². The van der Waals surface area contributed by atoms with Crippen LogP contribution >= 0.6 is 23.2 Å². The van der Waals surface area contributed by atoms with Gasteiger partial charge in [0.25, 0.3) is 12.0 Å². The summed E-state index contributed by atoms with van der Waals surface area (Å²) in [5.41, 5.74) is -3.55. The number of halogens is 4. The van der Waals surface area contributed by atoms with E-state index >= 15 is 0 Å². The summed E-state index contributed by atoms with van der Waals surface area (Å²) < 4.78 is 60.5. The van der Waals surface area contributed by atoms with Crippen molar-refractivity contribution in [1.29, 1.82) is 0 Å². The molecule has 0 bridgehead atoms. The standard InChI is InChI=1S/C19H17B2Cl2F2N5O7S/c20-10-12(22)16(13(23)11(21)15(10)30-19(34)27-18(33)14(28-30)17(24)25)37-9-3-8(7(32)4-26-9)38(35,36)29-5-1-6(31)2-5/h3-6,17,29,31-32H,1-2,20-21H2,(H,27,33,34)/t5-,6-. The van der Waals surface area contributed by atoms with Crippen LogP contribution in [0.4, 0.5) is 8.78 Å². The third kappa shape index (κ3) is 5.16. The van der Waals surface area contributed by atoms with E-state index < -0.39 is 56.2 Å². The fourth-order valence-corrected chi connectivity index (χ4v) is 5.63. The van der Waals surface area contributed by atoms with Gasteiger partial charge in [-0.25, -0.2) is 31.7 Å². The minimum Gasteiger partial charge on any atom is -0.505 e. The lowest BCUT2D eigenvalue weighted by atomic mass is 9.84. The number of nitrogens with one attached hydrogen (secondary N) is 2. The van der Waals surface area contributed by atoms with Crippen molar-refractivity contribution >= 4 is 59.8 Å². The van der Waals surface area contributed by atoms with Crippen LogP contribution < -0.4 is 31.6 Å². The Bertz CT molecular complexity index is 1640. The van der Waals surface area contributed by atoms with Gasteiger partial charge in [0.1, 0.15) is 20.6 Å². The van der Waals surface area contributed by atoms with E-state index in [0.717, 1.165) is 12.3 Å². The third-order valence-corrected chi connectivity index (χ3v) is 8.25. The molecular formula is C19H17B2Cl2F2N5O7S. The first kappa shape index (κ1) is 28.0. The lowest BCUT2D eigenvalue weighted by molar-refractivity contribution is 0.0712. The van der Waals surface area contributed by atoms with Gasteiger partial charge >= 0.3 is 5.69 Å². The number of sulfonamides is 1. The second-order valence-electron chi connectivity index (χ2n) is 8.45. The van der Waals surface area contributed by atoms with E-state index in [1.165, 1.54) is 15.7 Å². The third-order valence-electron chi connectivity index (χ3n) is 5.79. The number of nitrogens with zero attached hydrogens (tertiary/aromatic N) is 3. The van der Waals surface area contributed by atoms with E-state index in [2.05, 4.69) is 14.8 Å². The number of aliphatic hydroxyl groups is 1. The Balaban J connectivity index is 1.75. The number of ether oxygens (including phenoxy) is 1. The minimum absolute atomic E-state index is 0.0932.